The van der Waals surface area contributed by atoms with Crippen molar-refractivity contribution in [3.8, 4) is 11.3 Å². The number of nitrogen functional groups attached to an aromatic ring is 1. The van der Waals surface area contributed by atoms with Crippen molar-refractivity contribution in [1.29, 1.82) is 0 Å². The van der Waals surface area contributed by atoms with E-state index in [1.54, 1.807) is 0 Å². The van der Waals surface area contributed by atoms with E-state index in [1.807, 2.05) is 32.0 Å². The molecule has 1 aromatic heterocycles. The molecule has 0 unspecified atom stereocenters. The van der Waals surface area contributed by atoms with E-state index in [4.69, 9.17) is 10.8 Å². The van der Waals surface area contributed by atoms with Crippen LogP contribution >= 0.6 is 0 Å². The van der Waals surface area contributed by atoms with Crippen molar-refractivity contribution < 1.29 is 9.90 Å². The standard InChI is InChI=1S/C13H13N3O2/c1-7-3-4-9(8(2)5-7)10-6-11(12(17)18)16-13(14)15-10/h3-6H,1-2H3,(H,17,18)(H2,14,15,16). The molecule has 0 saturated carbocycles. The third kappa shape index (κ3) is 2.29. The SMILES string of the molecule is Cc1ccc(-c2cc(C(=O)O)nc(N)n2)c(C)c1. The zero-order chi connectivity index (χ0) is 13.3. The molecule has 0 fully saturated rings. The molecule has 0 radical (unpaired) electrons. The van der Waals surface area contributed by atoms with Crippen molar-refractivity contribution in [2.45, 2.75) is 13.8 Å². The predicted molar refractivity (Wildman–Crippen MR) is 68.3 cm³/mol. The van der Waals surface area contributed by atoms with Crippen LogP contribution in [0.2, 0.25) is 0 Å². The van der Waals surface area contributed by atoms with Crippen LogP contribution in [-0.4, -0.2) is 21.0 Å². The summed E-state index contributed by atoms with van der Waals surface area (Å²) in [5.41, 5.74) is 8.97. The lowest BCUT2D eigenvalue weighted by molar-refractivity contribution is 0.0690. The highest BCUT2D eigenvalue weighted by Gasteiger charge is 2.11. The maximum absolute atomic E-state index is 10.9. The minimum Gasteiger partial charge on any atom is -0.477 e. The van der Waals surface area contributed by atoms with Crippen LogP contribution in [0, 0.1) is 13.8 Å². The highest BCUT2D eigenvalue weighted by Crippen LogP contribution is 2.23. The van der Waals surface area contributed by atoms with E-state index < -0.39 is 5.97 Å². The summed E-state index contributed by atoms with van der Waals surface area (Å²) in [6.45, 7) is 3.94. The van der Waals surface area contributed by atoms with Crippen LogP contribution in [0.15, 0.2) is 24.3 Å². The number of anilines is 1. The maximum Gasteiger partial charge on any atom is 0.354 e. The first-order valence-electron chi connectivity index (χ1n) is 5.43. The zero-order valence-corrected chi connectivity index (χ0v) is 10.1. The third-order valence-electron chi connectivity index (χ3n) is 2.62. The minimum atomic E-state index is -1.12. The fraction of sp³-hybridized carbons (Fsp3) is 0.154. The summed E-state index contributed by atoms with van der Waals surface area (Å²) in [6.07, 6.45) is 0. The van der Waals surface area contributed by atoms with Crippen molar-refractivity contribution in [3.63, 3.8) is 0 Å². The molecular weight excluding hydrogens is 230 g/mol. The van der Waals surface area contributed by atoms with Gasteiger partial charge in [-0.2, -0.15) is 0 Å². The molecule has 0 spiro atoms. The van der Waals surface area contributed by atoms with Gasteiger partial charge in [-0.3, -0.25) is 0 Å². The molecular formula is C13H13N3O2. The Hall–Kier alpha value is -2.43. The Morgan fingerprint density at radius 3 is 2.56 bits per heavy atom. The Kier molecular flexibility index (Phi) is 2.97. The van der Waals surface area contributed by atoms with E-state index >= 15 is 0 Å². The van der Waals surface area contributed by atoms with Gasteiger partial charge in [0.1, 0.15) is 0 Å². The number of aromatic carboxylic acids is 1. The molecule has 2 rings (SSSR count). The smallest absolute Gasteiger partial charge is 0.354 e. The van der Waals surface area contributed by atoms with Crippen LogP contribution in [0.25, 0.3) is 11.3 Å². The molecule has 18 heavy (non-hydrogen) atoms. The summed E-state index contributed by atoms with van der Waals surface area (Å²) in [5.74, 6) is -1.15. The van der Waals surface area contributed by atoms with E-state index in [0.29, 0.717) is 5.69 Å². The largest absolute Gasteiger partial charge is 0.477 e. The lowest BCUT2D eigenvalue weighted by Gasteiger charge is -2.07. The van der Waals surface area contributed by atoms with E-state index in [2.05, 4.69) is 9.97 Å². The van der Waals surface area contributed by atoms with Gasteiger partial charge in [0.05, 0.1) is 5.69 Å². The van der Waals surface area contributed by atoms with Gasteiger partial charge in [-0.1, -0.05) is 23.8 Å². The normalized spacial score (nSPS) is 10.3. The van der Waals surface area contributed by atoms with Crippen molar-refractivity contribution in [2.75, 3.05) is 5.73 Å². The van der Waals surface area contributed by atoms with E-state index in [-0.39, 0.29) is 11.6 Å². The number of nitrogens with two attached hydrogens (primary N) is 1. The monoisotopic (exact) mass is 243 g/mol. The lowest BCUT2D eigenvalue weighted by Crippen LogP contribution is -2.06. The van der Waals surface area contributed by atoms with Crippen LogP contribution in [0.1, 0.15) is 21.6 Å². The molecule has 0 aliphatic rings. The number of carbonyl (C=O) groups is 1. The lowest BCUT2D eigenvalue weighted by atomic mass is 10.0. The maximum atomic E-state index is 10.9. The molecule has 0 amide bonds. The highest BCUT2D eigenvalue weighted by atomic mass is 16.4. The van der Waals surface area contributed by atoms with Crippen LogP contribution in [0.3, 0.4) is 0 Å². The average molecular weight is 243 g/mol. The molecule has 5 nitrogen and oxygen atoms in total. The van der Waals surface area contributed by atoms with Crippen molar-refractivity contribution >= 4 is 11.9 Å². The first kappa shape index (κ1) is 12.0. The Balaban J connectivity index is 2.60. The van der Waals surface area contributed by atoms with Gasteiger partial charge >= 0.3 is 5.97 Å². The average Bonchev–Trinajstić information content (AvgIpc) is 2.27. The molecule has 2 aromatic rings. The molecule has 0 aliphatic carbocycles. The quantitative estimate of drug-likeness (QED) is 0.842. The van der Waals surface area contributed by atoms with Gasteiger partial charge in [0.25, 0.3) is 0 Å². The van der Waals surface area contributed by atoms with Crippen LogP contribution in [0.4, 0.5) is 5.95 Å². The van der Waals surface area contributed by atoms with Gasteiger partial charge in [0, 0.05) is 5.56 Å². The van der Waals surface area contributed by atoms with Crippen molar-refractivity contribution in [1.82, 2.24) is 9.97 Å². The second-order valence-electron chi connectivity index (χ2n) is 4.12. The van der Waals surface area contributed by atoms with E-state index in [1.165, 1.54) is 6.07 Å². The van der Waals surface area contributed by atoms with Gasteiger partial charge in [0.2, 0.25) is 5.95 Å². The Morgan fingerprint density at radius 2 is 1.94 bits per heavy atom. The van der Waals surface area contributed by atoms with Gasteiger partial charge in [-0.15, -0.1) is 0 Å². The zero-order valence-electron chi connectivity index (χ0n) is 10.1. The molecule has 0 aliphatic heterocycles. The summed E-state index contributed by atoms with van der Waals surface area (Å²) < 4.78 is 0. The molecule has 0 atom stereocenters. The van der Waals surface area contributed by atoms with E-state index in [9.17, 15) is 4.79 Å². The highest BCUT2D eigenvalue weighted by molar-refractivity contribution is 5.87. The Bertz CT molecular complexity index is 624. The fourth-order valence-corrected chi connectivity index (χ4v) is 1.81. The first-order valence-corrected chi connectivity index (χ1v) is 5.43. The van der Waals surface area contributed by atoms with E-state index in [0.717, 1.165) is 16.7 Å². The van der Waals surface area contributed by atoms with Gasteiger partial charge in [-0.05, 0) is 25.5 Å². The number of rotatable bonds is 2. The number of carboxylic acids is 1. The molecule has 5 heteroatoms. The Morgan fingerprint density at radius 1 is 1.22 bits per heavy atom. The molecule has 0 bridgehead atoms. The van der Waals surface area contributed by atoms with Crippen LogP contribution in [0.5, 0.6) is 0 Å². The van der Waals surface area contributed by atoms with Crippen molar-refractivity contribution in [2.24, 2.45) is 0 Å². The van der Waals surface area contributed by atoms with Gasteiger partial charge in [-0.25, -0.2) is 14.8 Å². The predicted octanol–water partition coefficient (Wildman–Crippen LogP) is 2.04. The number of hydrogen-bond donors (Lipinski definition) is 2. The molecule has 92 valence electrons. The second-order valence-corrected chi connectivity index (χ2v) is 4.12. The second kappa shape index (κ2) is 4.44. The first-order chi connectivity index (χ1) is 8.47. The summed E-state index contributed by atoms with van der Waals surface area (Å²) in [6, 6.07) is 7.28. The topological polar surface area (TPSA) is 89.1 Å². The van der Waals surface area contributed by atoms with Crippen molar-refractivity contribution in [3.05, 3.63) is 41.1 Å². The number of carboxylic acid groups (broad SMARTS) is 1. The summed E-state index contributed by atoms with van der Waals surface area (Å²) in [5, 5.41) is 8.95. The number of hydrogen-bond acceptors (Lipinski definition) is 4. The number of benzene rings is 1. The summed E-state index contributed by atoms with van der Waals surface area (Å²) in [4.78, 5) is 18.7. The van der Waals surface area contributed by atoms with Gasteiger partial charge < -0.3 is 10.8 Å². The summed E-state index contributed by atoms with van der Waals surface area (Å²) in [7, 11) is 0. The third-order valence-corrected chi connectivity index (χ3v) is 2.62. The minimum absolute atomic E-state index is 0.0372. The molecule has 1 heterocycles. The molecule has 1 aromatic carbocycles. The van der Waals surface area contributed by atoms with Crippen LogP contribution in [-0.2, 0) is 0 Å². The van der Waals surface area contributed by atoms with Gasteiger partial charge in [0.15, 0.2) is 5.69 Å². The Labute approximate surface area is 104 Å². The summed E-state index contributed by atoms with van der Waals surface area (Å²) >= 11 is 0. The molecule has 0 saturated heterocycles. The molecule has 3 N–H and O–H groups in total. The van der Waals surface area contributed by atoms with Crippen LogP contribution < -0.4 is 5.73 Å². The number of aryl methyl sites for hydroxylation is 2. The number of aromatic nitrogens is 2. The fourth-order valence-electron chi connectivity index (χ4n) is 1.81. The number of nitrogens with zero attached hydrogens (tertiary/aromatic N) is 2.